The van der Waals surface area contributed by atoms with Crippen LogP contribution in [0, 0.1) is 6.92 Å². The molecule has 2 N–H and O–H groups in total. The Labute approximate surface area is 134 Å². The summed E-state index contributed by atoms with van der Waals surface area (Å²) >= 11 is 0. The average molecular weight is 308 g/mol. The molecule has 3 rings (SSSR count). The molecule has 1 fully saturated rings. The highest BCUT2D eigenvalue weighted by molar-refractivity contribution is 6.13. The third-order valence-electron chi connectivity index (χ3n) is 3.44. The van der Waals surface area contributed by atoms with Gasteiger partial charge in [-0.3, -0.25) is 10.1 Å². The zero-order valence-electron chi connectivity index (χ0n) is 12.6. The molecule has 0 spiro atoms. The molecule has 116 valence electrons. The zero-order chi connectivity index (χ0) is 16.2. The van der Waals surface area contributed by atoms with Gasteiger partial charge in [0.1, 0.15) is 18.1 Å². The second kappa shape index (κ2) is 6.36. The normalized spacial score (nSPS) is 15.4. The number of hydrogen-bond donors (Lipinski definition) is 2. The van der Waals surface area contributed by atoms with E-state index in [0.717, 1.165) is 16.9 Å². The summed E-state index contributed by atoms with van der Waals surface area (Å²) in [5.74, 6) is 0.322. The summed E-state index contributed by atoms with van der Waals surface area (Å²) in [6.07, 6.45) is 1.62. The maximum atomic E-state index is 11.5. The third-order valence-corrected chi connectivity index (χ3v) is 3.44. The van der Waals surface area contributed by atoms with E-state index in [1.807, 2.05) is 43.3 Å². The fourth-order valence-corrected chi connectivity index (χ4v) is 2.16. The van der Waals surface area contributed by atoms with Crippen LogP contribution < -0.4 is 15.4 Å². The van der Waals surface area contributed by atoms with Gasteiger partial charge in [-0.2, -0.15) is 0 Å². The van der Waals surface area contributed by atoms with Gasteiger partial charge < -0.3 is 10.1 Å². The van der Waals surface area contributed by atoms with Crippen molar-refractivity contribution < 1.29 is 14.3 Å². The van der Waals surface area contributed by atoms with Crippen LogP contribution >= 0.6 is 0 Å². The van der Waals surface area contributed by atoms with Crippen LogP contribution in [0.5, 0.6) is 5.75 Å². The number of benzene rings is 2. The van der Waals surface area contributed by atoms with Crippen molar-refractivity contribution in [1.29, 1.82) is 0 Å². The summed E-state index contributed by atoms with van der Waals surface area (Å²) in [6.45, 7) is 2.55. The number of imide groups is 1. The molecule has 2 aromatic rings. The maximum absolute atomic E-state index is 11.5. The first-order chi connectivity index (χ1) is 11.1. The Balaban J connectivity index is 1.63. The summed E-state index contributed by atoms with van der Waals surface area (Å²) in [4.78, 5) is 22.5. The Morgan fingerprint density at radius 3 is 2.26 bits per heavy atom. The molecule has 0 saturated carbocycles. The van der Waals surface area contributed by atoms with Gasteiger partial charge >= 0.3 is 6.03 Å². The van der Waals surface area contributed by atoms with Crippen LogP contribution in [-0.4, -0.2) is 11.9 Å². The first kappa shape index (κ1) is 14.8. The van der Waals surface area contributed by atoms with Gasteiger partial charge in [0.15, 0.2) is 0 Å². The maximum Gasteiger partial charge on any atom is 0.326 e. The molecule has 2 aromatic carbocycles. The van der Waals surface area contributed by atoms with Crippen molar-refractivity contribution >= 4 is 18.0 Å². The molecular formula is C18H16N2O3. The van der Waals surface area contributed by atoms with E-state index < -0.39 is 11.9 Å². The van der Waals surface area contributed by atoms with E-state index in [0.29, 0.717) is 6.61 Å². The van der Waals surface area contributed by atoms with Crippen molar-refractivity contribution in [3.8, 4) is 5.75 Å². The summed E-state index contributed by atoms with van der Waals surface area (Å²) in [5, 5.41) is 4.61. The standard InChI is InChI=1S/C18H16N2O3/c1-12-2-4-14(5-3-12)11-23-15-8-6-13(7-9-15)10-16-17(21)20-18(22)19-16/h2-10H,11H2,1H3,(H2,19,20,21,22)/b16-10-. The van der Waals surface area contributed by atoms with Gasteiger partial charge in [0.25, 0.3) is 5.91 Å². The Morgan fingerprint density at radius 1 is 0.957 bits per heavy atom. The molecule has 0 aliphatic carbocycles. The van der Waals surface area contributed by atoms with Crippen LogP contribution in [0.15, 0.2) is 54.2 Å². The van der Waals surface area contributed by atoms with E-state index in [9.17, 15) is 9.59 Å². The minimum absolute atomic E-state index is 0.239. The van der Waals surface area contributed by atoms with E-state index in [2.05, 4.69) is 22.8 Å². The molecule has 1 saturated heterocycles. The molecule has 0 unspecified atom stereocenters. The number of carbonyl (C=O) groups excluding carboxylic acids is 2. The van der Waals surface area contributed by atoms with E-state index >= 15 is 0 Å². The minimum atomic E-state index is -0.501. The molecular weight excluding hydrogens is 292 g/mol. The third kappa shape index (κ3) is 3.77. The lowest BCUT2D eigenvalue weighted by Crippen LogP contribution is -2.22. The van der Waals surface area contributed by atoms with Crippen LogP contribution in [0.3, 0.4) is 0 Å². The first-order valence-corrected chi connectivity index (χ1v) is 7.22. The molecule has 0 aromatic heterocycles. The average Bonchev–Trinajstić information content (AvgIpc) is 2.86. The smallest absolute Gasteiger partial charge is 0.326 e. The Bertz CT molecular complexity index is 762. The summed E-state index contributed by atoms with van der Waals surface area (Å²) in [5.41, 5.74) is 3.37. The fraction of sp³-hybridized carbons (Fsp3) is 0.111. The molecule has 1 aliphatic heterocycles. The van der Waals surface area contributed by atoms with Crippen molar-refractivity contribution in [1.82, 2.24) is 10.6 Å². The first-order valence-electron chi connectivity index (χ1n) is 7.22. The highest BCUT2D eigenvalue weighted by atomic mass is 16.5. The van der Waals surface area contributed by atoms with Crippen LogP contribution in [-0.2, 0) is 11.4 Å². The van der Waals surface area contributed by atoms with E-state index in [4.69, 9.17) is 4.74 Å². The molecule has 1 heterocycles. The lowest BCUT2D eigenvalue weighted by molar-refractivity contribution is -0.115. The highest BCUT2D eigenvalue weighted by Crippen LogP contribution is 2.16. The second-order valence-corrected chi connectivity index (χ2v) is 5.31. The van der Waals surface area contributed by atoms with Gasteiger partial charge in [0.05, 0.1) is 0 Å². The van der Waals surface area contributed by atoms with Crippen LogP contribution in [0.1, 0.15) is 16.7 Å². The Morgan fingerprint density at radius 2 is 1.65 bits per heavy atom. The zero-order valence-corrected chi connectivity index (χ0v) is 12.6. The molecule has 0 radical (unpaired) electrons. The molecule has 5 heteroatoms. The van der Waals surface area contributed by atoms with E-state index in [1.54, 1.807) is 6.08 Å². The number of ether oxygens (including phenoxy) is 1. The Kier molecular flexibility index (Phi) is 4.10. The van der Waals surface area contributed by atoms with Crippen LogP contribution in [0.4, 0.5) is 4.79 Å². The van der Waals surface area contributed by atoms with E-state index in [1.165, 1.54) is 5.56 Å². The van der Waals surface area contributed by atoms with Gasteiger partial charge in [0, 0.05) is 0 Å². The van der Waals surface area contributed by atoms with Gasteiger partial charge in [-0.15, -0.1) is 0 Å². The van der Waals surface area contributed by atoms with Gasteiger partial charge in [-0.05, 0) is 36.3 Å². The molecule has 1 aliphatic rings. The number of rotatable bonds is 4. The van der Waals surface area contributed by atoms with Gasteiger partial charge in [-0.25, -0.2) is 4.79 Å². The Hall–Kier alpha value is -3.08. The van der Waals surface area contributed by atoms with Crippen molar-refractivity contribution in [3.05, 3.63) is 70.9 Å². The highest BCUT2D eigenvalue weighted by Gasteiger charge is 2.22. The van der Waals surface area contributed by atoms with Crippen LogP contribution in [0.2, 0.25) is 0 Å². The van der Waals surface area contributed by atoms with E-state index in [-0.39, 0.29) is 5.70 Å². The number of aryl methyl sites for hydroxylation is 1. The number of carbonyl (C=O) groups is 2. The van der Waals surface area contributed by atoms with Crippen molar-refractivity contribution in [3.63, 3.8) is 0 Å². The fourth-order valence-electron chi connectivity index (χ4n) is 2.16. The second-order valence-electron chi connectivity index (χ2n) is 5.31. The largest absolute Gasteiger partial charge is 0.489 e. The summed E-state index contributed by atoms with van der Waals surface area (Å²) < 4.78 is 5.73. The number of amides is 3. The van der Waals surface area contributed by atoms with Gasteiger partial charge in [0.2, 0.25) is 0 Å². The molecule has 5 nitrogen and oxygen atoms in total. The predicted molar refractivity (Wildman–Crippen MR) is 86.6 cm³/mol. The quantitative estimate of drug-likeness (QED) is 0.674. The summed E-state index contributed by atoms with van der Waals surface area (Å²) in [7, 11) is 0. The topological polar surface area (TPSA) is 67.4 Å². The van der Waals surface area contributed by atoms with Gasteiger partial charge in [-0.1, -0.05) is 42.0 Å². The molecule has 3 amide bonds. The molecule has 0 atom stereocenters. The molecule has 0 bridgehead atoms. The summed E-state index contributed by atoms with van der Waals surface area (Å²) in [6, 6.07) is 15.0. The lowest BCUT2D eigenvalue weighted by atomic mass is 10.1. The molecule has 23 heavy (non-hydrogen) atoms. The van der Waals surface area contributed by atoms with Crippen LogP contribution in [0.25, 0.3) is 6.08 Å². The SMILES string of the molecule is Cc1ccc(COc2ccc(/C=C3\NC(=O)NC3=O)cc2)cc1. The number of hydrogen-bond acceptors (Lipinski definition) is 3. The minimum Gasteiger partial charge on any atom is -0.489 e. The monoisotopic (exact) mass is 308 g/mol. The number of nitrogens with one attached hydrogen (secondary N) is 2. The predicted octanol–water partition coefficient (Wildman–Crippen LogP) is 2.75. The van der Waals surface area contributed by atoms with Crippen molar-refractivity contribution in [2.24, 2.45) is 0 Å². The van der Waals surface area contributed by atoms with Crippen molar-refractivity contribution in [2.45, 2.75) is 13.5 Å². The lowest BCUT2D eigenvalue weighted by Gasteiger charge is -2.07. The number of urea groups is 1. The van der Waals surface area contributed by atoms with Crippen molar-refractivity contribution in [2.75, 3.05) is 0 Å².